The van der Waals surface area contributed by atoms with Gasteiger partial charge in [0.1, 0.15) is 23.8 Å². The van der Waals surface area contributed by atoms with E-state index in [-0.39, 0.29) is 17.2 Å². The predicted octanol–water partition coefficient (Wildman–Crippen LogP) is 2.66. The molecule has 0 atom stereocenters. The third-order valence-electron chi connectivity index (χ3n) is 6.49. The largest absolute Gasteiger partial charge is 0.353 e. The van der Waals surface area contributed by atoms with E-state index in [2.05, 4.69) is 19.9 Å². The number of hydrogen-bond acceptors (Lipinski definition) is 7. The molecule has 9 nitrogen and oxygen atoms in total. The van der Waals surface area contributed by atoms with Crippen LogP contribution in [0.15, 0.2) is 41.6 Å². The average Bonchev–Trinajstić information content (AvgIpc) is 3.17. The number of amides is 1. The van der Waals surface area contributed by atoms with Crippen molar-refractivity contribution in [2.45, 2.75) is 51.2 Å². The molecule has 186 valence electrons. The average molecular weight is 497 g/mol. The number of nitrogens with zero attached hydrogens (tertiary/aromatic N) is 6. The maximum absolute atomic E-state index is 12.9. The molecule has 1 saturated heterocycles. The fraction of sp³-hybridized carbons (Fsp3) is 0.440. The Kier molecular flexibility index (Phi) is 6.93. The first-order chi connectivity index (χ1) is 16.6. The number of piperazine rings is 1. The first kappa shape index (κ1) is 24.8. The Bertz CT molecular complexity index is 1320. The maximum atomic E-state index is 12.9. The minimum absolute atomic E-state index is 0.0354. The normalized spacial score (nSPS) is 14.6. The van der Waals surface area contributed by atoms with E-state index in [0.717, 1.165) is 28.6 Å². The number of aryl methyl sites for hydroxylation is 2. The summed E-state index contributed by atoms with van der Waals surface area (Å²) >= 11 is 0. The molecule has 3 heterocycles. The van der Waals surface area contributed by atoms with E-state index in [1.807, 2.05) is 36.3 Å². The summed E-state index contributed by atoms with van der Waals surface area (Å²) in [5, 5.41) is -0.478. The van der Waals surface area contributed by atoms with Crippen molar-refractivity contribution < 1.29 is 13.2 Å². The Balaban J connectivity index is 1.39. The maximum Gasteiger partial charge on any atom is 0.227 e. The number of anilines is 1. The molecule has 1 aliphatic rings. The zero-order valence-corrected chi connectivity index (χ0v) is 21.7. The van der Waals surface area contributed by atoms with Gasteiger partial charge in [0, 0.05) is 37.9 Å². The number of carbonyl (C=O) groups excluding carboxylic acids is 1. The summed E-state index contributed by atoms with van der Waals surface area (Å²) in [6, 6.07) is 8.61. The van der Waals surface area contributed by atoms with Crippen LogP contribution >= 0.6 is 0 Å². The van der Waals surface area contributed by atoms with Crippen molar-refractivity contribution in [2.24, 2.45) is 0 Å². The number of rotatable bonds is 6. The van der Waals surface area contributed by atoms with Crippen molar-refractivity contribution in [3.05, 3.63) is 59.4 Å². The summed E-state index contributed by atoms with van der Waals surface area (Å²) in [6.45, 7) is 11.7. The molecule has 10 heteroatoms. The van der Waals surface area contributed by atoms with Gasteiger partial charge in [0.25, 0.3) is 0 Å². The number of aromatic nitrogens is 4. The van der Waals surface area contributed by atoms with Crippen molar-refractivity contribution in [3.8, 4) is 5.82 Å². The van der Waals surface area contributed by atoms with Gasteiger partial charge < -0.3 is 9.80 Å². The molecular formula is C25H32N6O3S. The molecule has 1 fully saturated rings. The minimum atomic E-state index is -3.32. The molecule has 1 amide bonds. The highest BCUT2D eigenvalue weighted by molar-refractivity contribution is 7.92. The lowest BCUT2D eigenvalue weighted by atomic mass is 10.1. The topological polar surface area (TPSA) is 101 Å². The van der Waals surface area contributed by atoms with Gasteiger partial charge in [-0.15, -0.1) is 0 Å². The zero-order chi connectivity index (χ0) is 25.3. The van der Waals surface area contributed by atoms with Crippen molar-refractivity contribution in [2.75, 3.05) is 31.1 Å². The number of hydrogen-bond donors (Lipinski definition) is 0. The molecule has 0 spiro atoms. The quantitative estimate of drug-likeness (QED) is 0.517. The molecule has 3 aromatic rings. The zero-order valence-electron chi connectivity index (χ0n) is 20.9. The van der Waals surface area contributed by atoms with Crippen LogP contribution in [0.3, 0.4) is 0 Å². The van der Waals surface area contributed by atoms with E-state index in [4.69, 9.17) is 0 Å². The van der Waals surface area contributed by atoms with Crippen LogP contribution in [0.25, 0.3) is 5.82 Å². The lowest BCUT2D eigenvalue weighted by Crippen LogP contribution is -2.49. The van der Waals surface area contributed by atoms with E-state index in [1.54, 1.807) is 44.4 Å². The van der Waals surface area contributed by atoms with Gasteiger partial charge in [-0.25, -0.2) is 23.4 Å². The highest BCUT2D eigenvalue weighted by Crippen LogP contribution is 2.21. The summed E-state index contributed by atoms with van der Waals surface area (Å²) in [7, 11) is -3.32. The van der Waals surface area contributed by atoms with Gasteiger partial charge in [-0.05, 0) is 52.3 Å². The summed E-state index contributed by atoms with van der Waals surface area (Å²) < 4.78 is 26.6. The van der Waals surface area contributed by atoms with Crippen LogP contribution in [0.2, 0.25) is 0 Å². The van der Waals surface area contributed by atoms with Crippen LogP contribution in [0.4, 0.5) is 5.82 Å². The molecule has 0 radical (unpaired) electrons. The second-order valence-electron chi connectivity index (χ2n) is 9.20. The molecule has 0 unspecified atom stereocenters. The van der Waals surface area contributed by atoms with Crippen LogP contribution < -0.4 is 4.90 Å². The van der Waals surface area contributed by atoms with Crippen LogP contribution in [0.5, 0.6) is 0 Å². The van der Waals surface area contributed by atoms with Gasteiger partial charge in [0.15, 0.2) is 9.84 Å². The van der Waals surface area contributed by atoms with Gasteiger partial charge in [-0.2, -0.15) is 0 Å². The van der Waals surface area contributed by atoms with Crippen LogP contribution in [0, 0.1) is 20.8 Å². The Labute approximate surface area is 206 Å². The van der Waals surface area contributed by atoms with E-state index < -0.39 is 15.1 Å². The molecule has 0 aliphatic carbocycles. The lowest BCUT2D eigenvalue weighted by Gasteiger charge is -2.35. The van der Waals surface area contributed by atoms with E-state index >= 15 is 0 Å². The van der Waals surface area contributed by atoms with Gasteiger partial charge >= 0.3 is 0 Å². The molecule has 4 rings (SSSR count). The molecule has 0 N–H and O–H groups in total. The number of benzene rings is 1. The number of carbonyl (C=O) groups is 1. The molecular weight excluding hydrogens is 464 g/mol. The van der Waals surface area contributed by atoms with Crippen LogP contribution in [-0.2, 0) is 21.1 Å². The Morgan fingerprint density at radius 1 is 0.971 bits per heavy atom. The van der Waals surface area contributed by atoms with Crippen LogP contribution in [-0.4, -0.2) is 70.2 Å². The molecule has 0 saturated carbocycles. The minimum Gasteiger partial charge on any atom is -0.353 e. The fourth-order valence-corrected chi connectivity index (χ4v) is 5.15. The highest BCUT2D eigenvalue weighted by Gasteiger charge is 2.24. The summed E-state index contributed by atoms with van der Waals surface area (Å²) in [6.07, 6.45) is 2.02. The first-order valence-electron chi connectivity index (χ1n) is 11.8. The van der Waals surface area contributed by atoms with Gasteiger partial charge in [-0.3, -0.25) is 9.36 Å². The predicted molar refractivity (Wildman–Crippen MR) is 135 cm³/mol. The fourth-order valence-electron chi connectivity index (χ4n) is 4.09. The number of imidazole rings is 1. The Morgan fingerprint density at radius 2 is 1.60 bits per heavy atom. The molecule has 1 aliphatic heterocycles. The SMILES string of the molecule is Cc1nc(N2CCN(C(=O)Cc3ccc(S(=O)(=O)C(C)C)cc3)CC2)cc(-n2cnc(C)c2C)n1. The molecule has 0 bridgehead atoms. The second kappa shape index (κ2) is 9.77. The van der Waals surface area contributed by atoms with E-state index in [9.17, 15) is 13.2 Å². The lowest BCUT2D eigenvalue weighted by molar-refractivity contribution is -0.130. The second-order valence-corrected chi connectivity index (χ2v) is 11.7. The van der Waals surface area contributed by atoms with Gasteiger partial charge in [0.05, 0.1) is 22.3 Å². The monoisotopic (exact) mass is 496 g/mol. The highest BCUT2D eigenvalue weighted by atomic mass is 32.2. The molecule has 2 aromatic heterocycles. The summed E-state index contributed by atoms with van der Waals surface area (Å²) in [4.78, 5) is 30.8. The van der Waals surface area contributed by atoms with Crippen molar-refractivity contribution in [1.29, 1.82) is 0 Å². The standard InChI is InChI=1S/C25H32N6O3S/c1-17(2)35(33,34)22-8-6-21(7-9-22)14-25(32)30-12-10-29(11-13-30)23-15-24(28-20(5)27-23)31-16-26-18(3)19(31)4/h6-9,15-17H,10-14H2,1-5H3. The Morgan fingerprint density at radius 3 is 2.17 bits per heavy atom. The third-order valence-corrected chi connectivity index (χ3v) is 8.66. The third kappa shape index (κ3) is 5.22. The van der Waals surface area contributed by atoms with Crippen LogP contribution in [0.1, 0.15) is 36.6 Å². The van der Waals surface area contributed by atoms with Gasteiger partial charge in [0.2, 0.25) is 5.91 Å². The Hall–Kier alpha value is -3.27. The molecule has 1 aromatic carbocycles. The van der Waals surface area contributed by atoms with Gasteiger partial charge in [-0.1, -0.05) is 12.1 Å². The van der Waals surface area contributed by atoms with E-state index in [1.165, 1.54) is 0 Å². The van der Waals surface area contributed by atoms with E-state index in [0.29, 0.717) is 32.0 Å². The summed E-state index contributed by atoms with van der Waals surface area (Å²) in [5.41, 5.74) is 2.81. The van der Waals surface area contributed by atoms with Crippen molar-refractivity contribution in [1.82, 2.24) is 24.4 Å². The number of sulfone groups is 1. The molecule has 35 heavy (non-hydrogen) atoms. The summed E-state index contributed by atoms with van der Waals surface area (Å²) in [5.74, 6) is 2.34. The van der Waals surface area contributed by atoms with Crippen molar-refractivity contribution in [3.63, 3.8) is 0 Å². The van der Waals surface area contributed by atoms with Crippen molar-refractivity contribution >= 4 is 21.6 Å². The smallest absolute Gasteiger partial charge is 0.227 e. The first-order valence-corrected chi connectivity index (χ1v) is 13.3.